The van der Waals surface area contributed by atoms with Gasteiger partial charge in [0.25, 0.3) is 0 Å². The van der Waals surface area contributed by atoms with Gasteiger partial charge in [-0.05, 0) is 264 Å². The predicted molar refractivity (Wildman–Crippen MR) is 563 cm³/mol. The lowest BCUT2D eigenvalue weighted by Gasteiger charge is -2.41. The van der Waals surface area contributed by atoms with E-state index in [0.717, 1.165) is 219 Å². The molecule has 5 amide bonds. The Morgan fingerprint density at radius 1 is 0.315 bits per heavy atom. The van der Waals surface area contributed by atoms with Crippen LogP contribution in [0.3, 0.4) is 0 Å². The summed E-state index contributed by atoms with van der Waals surface area (Å²) in [5, 5.41) is 50.7. The monoisotopic (exact) mass is 1990 g/mol. The van der Waals surface area contributed by atoms with Gasteiger partial charge in [0, 0.05) is 146 Å². The van der Waals surface area contributed by atoms with Crippen molar-refractivity contribution in [2.24, 2.45) is 0 Å². The molecule has 5 fully saturated rings. The van der Waals surface area contributed by atoms with Crippen molar-refractivity contribution in [1.29, 1.82) is 0 Å². The first-order valence-electron chi connectivity index (χ1n) is 52.9. The molecule has 15 aliphatic rings. The lowest BCUT2D eigenvalue weighted by Crippen LogP contribution is -2.51. The number of fused-ring (bicyclic) bond motifs is 15. The Labute approximate surface area is 852 Å². The first-order valence-corrected chi connectivity index (χ1v) is 52.9. The fraction of sp³-hybridized carbons (Fsp3) is 0.444. The molecule has 25 nitrogen and oxygen atoms in total. The third-order valence-corrected chi connectivity index (χ3v) is 33.6. The molecule has 0 aliphatic carbocycles. The van der Waals surface area contributed by atoms with Gasteiger partial charge in [-0.15, -0.1) is 0 Å². The van der Waals surface area contributed by atoms with Crippen LogP contribution in [0, 0.1) is 30.2 Å². The number of rotatable bonds is 25. The summed E-state index contributed by atoms with van der Waals surface area (Å²) in [4.78, 5) is 88.9. The van der Waals surface area contributed by atoms with Crippen LogP contribution < -0.4 is 55.0 Å². The molecule has 10 aromatic carbocycles. The maximum Gasteiger partial charge on any atom is 0.246 e. The SMILES string of the molecule is CN1C(=O)CN2c3c(cccc31)[C@@H]1CN(CCC[C@@H](O)c3ccc(F)cc3)CC[C@@H]12.CN1C(=O)CN2c3c(cccc31)[C@@H]1CN(CCC[C@H](O)c3ccc(F)cc3)CC[C@@H]12.Cc1ccc([C@H](O)CCCN2CC[C@H]3[C@@H](C2)c2cccc4c2N3CC(=O)N4)cc1.O=C1CN2c3c(cccc3[C@@H]3CN(CCCOc4ccc(F)cc4)CC[C@@H]32)N1.O=C1CN2c3c(cccc3[C@@H]3CN(CCC[C@H](O)c4ccc(F)cc4)CC[C@@H]32)N1. The minimum absolute atomic E-state index is 0.0764. The highest BCUT2D eigenvalue weighted by Gasteiger charge is 2.52. The molecule has 29 heteroatoms. The van der Waals surface area contributed by atoms with Crippen molar-refractivity contribution in [3.05, 3.63) is 291 Å². The lowest BCUT2D eigenvalue weighted by atomic mass is 9.89. The van der Waals surface area contributed by atoms with Crippen LogP contribution in [0.5, 0.6) is 5.75 Å². The van der Waals surface area contributed by atoms with Crippen LogP contribution in [-0.2, 0) is 24.0 Å². The molecule has 7 N–H and O–H groups in total. The number of benzene rings is 10. The molecule has 0 spiro atoms. The molecule has 0 bridgehead atoms. The molecule has 766 valence electrons. The zero-order chi connectivity index (χ0) is 101. The summed E-state index contributed by atoms with van der Waals surface area (Å²) in [5.74, 6) is 2.42. The second-order valence-electron chi connectivity index (χ2n) is 42.5. The number of halogens is 4. The molecule has 0 radical (unpaired) electrons. The van der Waals surface area contributed by atoms with E-state index in [1.165, 1.54) is 110 Å². The number of aliphatic hydroxyl groups is 4. The summed E-state index contributed by atoms with van der Waals surface area (Å²) >= 11 is 0. The van der Waals surface area contributed by atoms with Crippen molar-refractivity contribution >= 4 is 86.4 Å². The van der Waals surface area contributed by atoms with Crippen LogP contribution >= 0.6 is 0 Å². The summed E-state index contributed by atoms with van der Waals surface area (Å²) in [7, 11) is 3.74. The van der Waals surface area contributed by atoms with Crippen molar-refractivity contribution in [3.8, 4) is 5.75 Å². The van der Waals surface area contributed by atoms with Gasteiger partial charge in [-0.3, -0.25) is 24.0 Å². The molecule has 14 atom stereocenters. The smallest absolute Gasteiger partial charge is 0.246 e. The second-order valence-corrected chi connectivity index (χ2v) is 42.5. The van der Waals surface area contributed by atoms with Crippen LogP contribution in [0.2, 0.25) is 0 Å². The number of amides is 5. The minimum atomic E-state index is -0.552. The van der Waals surface area contributed by atoms with Crippen molar-refractivity contribution in [1.82, 2.24) is 24.5 Å². The Bertz CT molecular complexity index is 6070. The van der Waals surface area contributed by atoms with E-state index in [9.17, 15) is 62.0 Å². The summed E-state index contributed by atoms with van der Waals surface area (Å²) in [6, 6.07) is 66.3. The molecular weight excluding hydrogens is 1850 g/mol. The average molecular weight is 1990 g/mol. The summed E-state index contributed by atoms with van der Waals surface area (Å²) < 4.78 is 57.8. The van der Waals surface area contributed by atoms with Gasteiger partial charge in [0.1, 0.15) is 29.0 Å². The number of carbonyl (C=O) groups is 5. The number of aliphatic hydroxyl groups excluding tert-OH is 4. The Hall–Kier alpha value is -12.3. The van der Waals surface area contributed by atoms with Crippen LogP contribution in [0.15, 0.2) is 212 Å². The van der Waals surface area contributed by atoms with E-state index in [1.54, 1.807) is 58.3 Å². The van der Waals surface area contributed by atoms with E-state index in [2.05, 4.69) is 151 Å². The number of para-hydroxylation sites is 5. The Kier molecular flexibility index (Phi) is 29.8. The Balaban J connectivity index is 0.000000107. The predicted octanol–water partition coefficient (Wildman–Crippen LogP) is 16.5. The highest BCUT2D eigenvalue weighted by atomic mass is 19.1. The zero-order valence-corrected chi connectivity index (χ0v) is 83.7. The van der Waals surface area contributed by atoms with Crippen LogP contribution in [0.1, 0.15) is 200 Å². The van der Waals surface area contributed by atoms with E-state index in [-0.39, 0.29) is 58.9 Å². The molecular formula is C117H135F4N15O10. The number of nitrogens with zero attached hydrogens (tertiary/aromatic N) is 12. The average Bonchev–Trinajstić information content (AvgIpc) is 1.57. The fourth-order valence-electron chi connectivity index (χ4n) is 26.3. The second kappa shape index (κ2) is 43.6. The molecule has 15 aliphatic heterocycles. The van der Waals surface area contributed by atoms with Crippen LogP contribution in [-0.4, -0.2) is 256 Å². The molecule has 0 aromatic heterocycles. The maximum atomic E-state index is 13.1. The van der Waals surface area contributed by atoms with Gasteiger partial charge >= 0.3 is 0 Å². The van der Waals surface area contributed by atoms with E-state index >= 15 is 0 Å². The lowest BCUT2D eigenvalue weighted by molar-refractivity contribution is -0.118. The van der Waals surface area contributed by atoms with Gasteiger partial charge in [0.15, 0.2) is 0 Å². The largest absolute Gasteiger partial charge is 0.494 e. The highest BCUT2D eigenvalue weighted by molar-refractivity contribution is 6.07. The van der Waals surface area contributed by atoms with Gasteiger partial charge < -0.3 is 99.9 Å². The van der Waals surface area contributed by atoms with Gasteiger partial charge in [0.2, 0.25) is 29.5 Å². The molecule has 15 heterocycles. The number of likely N-dealkylation sites (tertiary alicyclic amines) is 5. The normalized spacial score (nSPS) is 23.9. The number of anilines is 10. The zero-order valence-electron chi connectivity index (χ0n) is 83.7. The number of likely N-dealkylation sites (N-methyl/N-ethyl adjacent to an activating group) is 2. The summed E-state index contributed by atoms with van der Waals surface area (Å²) in [5.41, 5.74) is 22.6. The molecule has 5 saturated heterocycles. The van der Waals surface area contributed by atoms with E-state index < -0.39 is 18.3 Å². The van der Waals surface area contributed by atoms with Gasteiger partial charge in [-0.1, -0.05) is 127 Å². The fourth-order valence-corrected chi connectivity index (χ4v) is 26.3. The van der Waals surface area contributed by atoms with Crippen LogP contribution in [0.25, 0.3) is 0 Å². The van der Waals surface area contributed by atoms with E-state index in [4.69, 9.17) is 4.74 Å². The third-order valence-electron chi connectivity index (χ3n) is 33.6. The molecule has 0 saturated carbocycles. The maximum absolute atomic E-state index is 13.1. The first kappa shape index (κ1) is 99.7. The molecule has 146 heavy (non-hydrogen) atoms. The number of carbonyl (C=O) groups excluding carboxylic acids is 5. The quantitative estimate of drug-likeness (QED) is 0.0207. The standard InChI is InChI=1S/2C24H28FN3O2.C24H29N3O2.C23H26FN3O2.C22H24FN3O2/c2*1-26-21-5-2-4-18-19-14-27(13-11-20(19)28(24(18)21)15-23(26)30)12-3-6-22(29)16-7-9-17(25)10-8-16;1-16-7-9-17(10-8-16)22(28)6-3-12-26-13-11-21-19(14-26)18-4-2-5-20-24(18)27(21)15-23(29)25-20;24-16-8-6-15(7-9-16)21(28)5-2-11-26-12-10-20-18(13-26)17-3-1-4-19-23(17)27(20)14-22(29)25-19;23-15-5-7-16(8-6-15)28-12-2-10-25-11-9-20-18(13-25)17-3-1-4-19-22(17)26(20)14-21(27)24-19/h2*2,4-5,7-10,19-20,22,29H,3,6,11-15H2,1H3;2,4-5,7-10,19,21-22,28H,3,6,11-15H2,1H3,(H,25,29);1,3-4,6-9,18,20-21,28H,2,5,10-14H2,(H,25,29);1,3-8,18,20H,2,9-14H2,(H,24,27)/t19-,20-,22+;19-,20-,22-;19-,21-,22+;18-,20-,21-;18-,20-/m00000/s1. The van der Waals surface area contributed by atoms with Gasteiger partial charge in [-0.25, -0.2) is 17.6 Å². The van der Waals surface area contributed by atoms with Crippen molar-refractivity contribution < 1.29 is 66.7 Å². The topological polar surface area (TPSA) is 250 Å². The molecule has 25 rings (SSSR count). The van der Waals surface area contributed by atoms with Gasteiger partial charge in [0.05, 0.1) is 121 Å². The van der Waals surface area contributed by atoms with Crippen molar-refractivity contribution in [2.75, 3.05) is 202 Å². The van der Waals surface area contributed by atoms with Crippen molar-refractivity contribution in [3.63, 3.8) is 0 Å². The first-order chi connectivity index (χ1) is 70.9. The number of piperidine rings is 5. The van der Waals surface area contributed by atoms with Crippen molar-refractivity contribution in [2.45, 2.75) is 181 Å². The van der Waals surface area contributed by atoms with Gasteiger partial charge in [-0.2, -0.15) is 0 Å². The molecule has 0 unspecified atom stereocenters. The highest BCUT2D eigenvalue weighted by Crippen LogP contribution is 2.56. The minimum Gasteiger partial charge on any atom is -0.494 e. The number of hydrogen-bond acceptors (Lipinski definition) is 20. The third kappa shape index (κ3) is 21.0. The number of nitrogens with one attached hydrogen (secondary N) is 3. The Morgan fingerprint density at radius 2 is 0.568 bits per heavy atom. The number of aryl methyl sites for hydroxylation is 1. The summed E-state index contributed by atoms with van der Waals surface area (Å²) in [6.45, 7) is 20.0. The summed E-state index contributed by atoms with van der Waals surface area (Å²) in [6.07, 6.45) is 10.7. The van der Waals surface area contributed by atoms with Crippen LogP contribution in [0.4, 0.5) is 74.4 Å². The number of ether oxygens (including phenoxy) is 1. The van der Waals surface area contributed by atoms with E-state index in [0.29, 0.717) is 124 Å². The number of hydrogen-bond donors (Lipinski definition) is 7. The molecule has 10 aromatic rings. The van der Waals surface area contributed by atoms with E-state index in [1.807, 2.05) is 50.5 Å². The Morgan fingerprint density at radius 3 is 0.863 bits per heavy atom.